The van der Waals surface area contributed by atoms with E-state index < -0.39 is 5.91 Å². The second-order valence-corrected chi connectivity index (χ2v) is 7.48. The summed E-state index contributed by atoms with van der Waals surface area (Å²) >= 11 is 0. The Morgan fingerprint density at radius 2 is 1.55 bits per heavy atom. The lowest BCUT2D eigenvalue weighted by atomic mass is 9.95. The van der Waals surface area contributed by atoms with Crippen LogP contribution in [0.2, 0.25) is 0 Å². The summed E-state index contributed by atoms with van der Waals surface area (Å²) in [5.74, 6) is -0.229. The third-order valence-corrected chi connectivity index (χ3v) is 5.20. The van der Waals surface area contributed by atoms with Crippen LogP contribution in [0, 0.1) is 0 Å². The van der Waals surface area contributed by atoms with Crippen molar-refractivity contribution in [2.75, 3.05) is 31.5 Å². The van der Waals surface area contributed by atoms with Crippen molar-refractivity contribution < 1.29 is 23.8 Å². The lowest BCUT2D eigenvalue weighted by Crippen LogP contribution is -2.22. The molecule has 0 atom stereocenters. The van der Waals surface area contributed by atoms with Crippen molar-refractivity contribution in [1.29, 1.82) is 0 Å². The quantitative estimate of drug-likeness (QED) is 0.564. The van der Waals surface area contributed by atoms with Gasteiger partial charge in [0.2, 0.25) is 5.75 Å². The number of carbonyl (C=O) groups excluding carboxylic acids is 2. The summed E-state index contributed by atoms with van der Waals surface area (Å²) in [6.07, 6.45) is 6.25. The number of hydrogen-bond acceptors (Lipinski definition) is 6. The highest BCUT2D eigenvalue weighted by Crippen LogP contribution is 2.38. The summed E-state index contributed by atoms with van der Waals surface area (Å²) in [7, 11) is 2.87. The lowest BCUT2D eigenvalue weighted by molar-refractivity contribution is -0.120. The van der Waals surface area contributed by atoms with Gasteiger partial charge in [0.25, 0.3) is 11.8 Å². The van der Waals surface area contributed by atoms with Gasteiger partial charge in [-0.25, -0.2) is 0 Å². The Bertz CT molecular complexity index is 883. The minimum absolute atomic E-state index is 0.207. The molecule has 0 unspecified atom stereocenters. The summed E-state index contributed by atoms with van der Waals surface area (Å²) in [5.41, 5.74) is 7.18. The van der Waals surface area contributed by atoms with Gasteiger partial charge in [-0.05, 0) is 49.2 Å². The van der Waals surface area contributed by atoms with E-state index in [0.717, 1.165) is 5.69 Å². The van der Waals surface area contributed by atoms with Crippen LogP contribution in [0.15, 0.2) is 36.4 Å². The molecule has 0 radical (unpaired) electrons. The molecule has 4 N–H and O–H groups in total. The van der Waals surface area contributed by atoms with Crippen molar-refractivity contribution >= 4 is 23.2 Å². The van der Waals surface area contributed by atoms with Gasteiger partial charge in [-0.2, -0.15) is 0 Å². The summed E-state index contributed by atoms with van der Waals surface area (Å²) < 4.78 is 16.0. The maximum absolute atomic E-state index is 12.8. The average molecular weight is 428 g/mol. The van der Waals surface area contributed by atoms with Crippen LogP contribution < -0.4 is 30.6 Å². The topological polar surface area (TPSA) is 112 Å². The predicted molar refractivity (Wildman–Crippen MR) is 119 cm³/mol. The Hall–Kier alpha value is -3.42. The maximum atomic E-state index is 12.8. The first-order chi connectivity index (χ1) is 15.0. The summed E-state index contributed by atoms with van der Waals surface area (Å²) in [6, 6.07) is 11.2. The van der Waals surface area contributed by atoms with Crippen LogP contribution in [0.1, 0.15) is 42.5 Å². The van der Waals surface area contributed by atoms with E-state index in [0.29, 0.717) is 17.3 Å². The van der Waals surface area contributed by atoms with E-state index in [1.54, 1.807) is 0 Å². The number of nitrogens with two attached hydrogens (primary N) is 1. The fourth-order valence-corrected chi connectivity index (χ4v) is 3.63. The number of rotatable bonds is 9. The van der Waals surface area contributed by atoms with Crippen LogP contribution in [-0.4, -0.2) is 38.7 Å². The van der Waals surface area contributed by atoms with E-state index in [-0.39, 0.29) is 29.8 Å². The maximum Gasteiger partial charge on any atom is 0.255 e. The molecule has 0 saturated heterocycles. The molecule has 8 heteroatoms. The molecule has 0 aromatic heterocycles. The van der Waals surface area contributed by atoms with Crippen molar-refractivity contribution in [2.45, 2.75) is 38.1 Å². The van der Waals surface area contributed by atoms with Gasteiger partial charge in [0.1, 0.15) is 0 Å². The largest absolute Gasteiger partial charge is 0.493 e. The number of amides is 2. The molecule has 8 nitrogen and oxygen atoms in total. The lowest BCUT2D eigenvalue weighted by Gasteiger charge is -2.23. The molecule has 31 heavy (non-hydrogen) atoms. The SMILES string of the molecule is COc1cc(C(=O)Nc2ccc(NC3CCCCC3)cc2)cc(OC)c1OCC(N)=O. The van der Waals surface area contributed by atoms with Gasteiger partial charge in [-0.3, -0.25) is 9.59 Å². The first-order valence-electron chi connectivity index (χ1n) is 10.3. The molecule has 0 spiro atoms. The van der Waals surface area contributed by atoms with Crippen molar-refractivity contribution in [2.24, 2.45) is 5.73 Å². The van der Waals surface area contributed by atoms with Crippen LogP contribution in [0.25, 0.3) is 0 Å². The van der Waals surface area contributed by atoms with Crippen molar-refractivity contribution in [3.05, 3.63) is 42.0 Å². The number of ether oxygens (including phenoxy) is 3. The van der Waals surface area contributed by atoms with Crippen molar-refractivity contribution in [3.63, 3.8) is 0 Å². The standard InChI is InChI=1S/C23H29N3O5/c1-29-19-12-15(13-20(30-2)22(19)31-14-21(24)27)23(28)26-18-10-8-17(9-11-18)25-16-6-4-3-5-7-16/h8-13,16,25H,3-7,14H2,1-2H3,(H2,24,27)(H,26,28). The molecule has 166 valence electrons. The van der Waals surface area contributed by atoms with Gasteiger partial charge in [0.15, 0.2) is 18.1 Å². The van der Waals surface area contributed by atoms with E-state index in [9.17, 15) is 9.59 Å². The van der Waals surface area contributed by atoms with Gasteiger partial charge >= 0.3 is 0 Å². The molecule has 2 aromatic carbocycles. The van der Waals surface area contributed by atoms with Crippen LogP contribution >= 0.6 is 0 Å². The van der Waals surface area contributed by atoms with Crippen LogP contribution in [0.3, 0.4) is 0 Å². The smallest absolute Gasteiger partial charge is 0.255 e. The average Bonchev–Trinajstić information content (AvgIpc) is 2.79. The molecule has 0 aliphatic heterocycles. The molecule has 2 amide bonds. The van der Waals surface area contributed by atoms with Gasteiger partial charge in [-0.15, -0.1) is 0 Å². The van der Waals surface area contributed by atoms with Crippen molar-refractivity contribution in [1.82, 2.24) is 0 Å². The van der Waals surface area contributed by atoms with Gasteiger partial charge in [-0.1, -0.05) is 19.3 Å². The summed E-state index contributed by atoms with van der Waals surface area (Å²) in [4.78, 5) is 23.8. The molecule has 0 heterocycles. The monoisotopic (exact) mass is 427 g/mol. The summed E-state index contributed by atoms with van der Waals surface area (Å²) in [6.45, 7) is -0.334. The molecule has 0 bridgehead atoms. The summed E-state index contributed by atoms with van der Waals surface area (Å²) in [5, 5.41) is 6.43. The van der Waals surface area contributed by atoms with Crippen LogP contribution in [-0.2, 0) is 4.79 Å². The number of methoxy groups -OCH3 is 2. The van der Waals surface area contributed by atoms with Gasteiger partial charge in [0.05, 0.1) is 14.2 Å². The van der Waals surface area contributed by atoms with Crippen LogP contribution in [0.5, 0.6) is 17.2 Å². The number of primary amides is 1. The van der Waals surface area contributed by atoms with Crippen LogP contribution in [0.4, 0.5) is 11.4 Å². The van der Waals surface area contributed by atoms with E-state index in [2.05, 4.69) is 10.6 Å². The highest BCUT2D eigenvalue weighted by molar-refractivity contribution is 6.05. The molecule has 3 rings (SSSR count). The van der Waals surface area contributed by atoms with E-state index >= 15 is 0 Å². The zero-order chi connectivity index (χ0) is 22.2. The molecular formula is C23H29N3O5. The van der Waals surface area contributed by atoms with E-state index in [1.807, 2.05) is 24.3 Å². The normalized spacial score (nSPS) is 13.9. The second kappa shape index (κ2) is 10.6. The van der Waals surface area contributed by atoms with Gasteiger partial charge < -0.3 is 30.6 Å². The second-order valence-electron chi connectivity index (χ2n) is 7.48. The minimum Gasteiger partial charge on any atom is -0.493 e. The highest BCUT2D eigenvalue weighted by Gasteiger charge is 2.19. The molecule has 1 fully saturated rings. The number of hydrogen-bond donors (Lipinski definition) is 3. The predicted octanol–water partition coefficient (Wildman–Crippen LogP) is 3.56. The highest BCUT2D eigenvalue weighted by atomic mass is 16.5. The number of benzene rings is 2. The third kappa shape index (κ3) is 6.04. The first kappa shape index (κ1) is 22.3. The Kier molecular flexibility index (Phi) is 7.59. The van der Waals surface area contributed by atoms with E-state index in [4.69, 9.17) is 19.9 Å². The third-order valence-electron chi connectivity index (χ3n) is 5.20. The minimum atomic E-state index is -0.632. The Morgan fingerprint density at radius 3 is 2.10 bits per heavy atom. The number of carbonyl (C=O) groups is 2. The molecule has 1 saturated carbocycles. The van der Waals surface area contributed by atoms with E-state index in [1.165, 1.54) is 58.5 Å². The molecule has 1 aliphatic rings. The Morgan fingerprint density at radius 1 is 0.968 bits per heavy atom. The number of anilines is 2. The number of nitrogens with one attached hydrogen (secondary N) is 2. The van der Waals surface area contributed by atoms with Gasteiger partial charge in [0, 0.05) is 23.0 Å². The molecule has 1 aliphatic carbocycles. The Labute approximate surface area is 182 Å². The fraction of sp³-hybridized carbons (Fsp3) is 0.391. The molecule has 2 aromatic rings. The Balaban J connectivity index is 1.69. The van der Waals surface area contributed by atoms with Crippen molar-refractivity contribution in [3.8, 4) is 17.2 Å². The first-order valence-corrected chi connectivity index (χ1v) is 10.3. The zero-order valence-corrected chi connectivity index (χ0v) is 17.9. The fourth-order valence-electron chi connectivity index (χ4n) is 3.63. The molecular weight excluding hydrogens is 398 g/mol. The zero-order valence-electron chi connectivity index (χ0n) is 17.9.